The highest BCUT2D eigenvalue weighted by molar-refractivity contribution is 7.99. The fourth-order valence-electron chi connectivity index (χ4n) is 2.48. The third-order valence-electron chi connectivity index (χ3n) is 4.04. The lowest BCUT2D eigenvalue weighted by atomic mass is 10.1. The Hall–Kier alpha value is -3.07. The molecular formula is C20H20FN3O4S. The molecule has 1 aromatic heterocycles. The predicted octanol–water partition coefficient (Wildman–Crippen LogP) is 4.07. The molecule has 152 valence electrons. The maximum absolute atomic E-state index is 13.7. The summed E-state index contributed by atoms with van der Waals surface area (Å²) in [7, 11) is 3.08. The van der Waals surface area contributed by atoms with Crippen LogP contribution in [0.5, 0.6) is 11.5 Å². The molecule has 1 amide bonds. The summed E-state index contributed by atoms with van der Waals surface area (Å²) in [5.41, 5.74) is 1.64. The van der Waals surface area contributed by atoms with Gasteiger partial charge in [0.05, 0.1) is 31.4 Å². The van der Waals surface area contributed by atoms with Crippen LogP contribution < -0.4 is 14.8 Å². The van der Waals surface area contributed by atoms with Crippen molar-refractivity contribution in [2.24, 2.45) is 0 Å². The molecule has 0 aliphatic rings. The van der Waals surface area contributed by atoms with Crippen LogP contribution in [-0.2, 0) is 10.5 Å². The van der Waals surface area contributed by atoms with Crippen molar-refractivity contribution >= 4 is 23.4 Å². The largest absolute Gasteiger partial charge is 0.497 e. The number of rotatable bonds is 8. The molecule has 0 spiro atoms. The average Bonchev–Trinajstić information content (AvgIpc) is 3.19. The number of hydrogen-bond donors (Lipinski definition) is 1. The highest BCUT2D eigenvalue weighted by Crippen LogP contribution is 2.29. The molecule has 0 aliphatic carbocycles. The minimum absolute atomic E-state index is 0.187. The van der Waals surface area contributed by atoms with E-state index >= 15 is 0 Å². The van der Waals surface area contributed by atoms with E-state index in [1.165, 1.54) is 24.9 Å². The zero-order valence-corrected chi connectivity index (χ0v) is 17.0. The summed E-state index contributed by atoms with van der Waals surface area (Å²) < 4.78 is 29.3. The standard InChI is InChI=1S/C20H20FN3O4S/c1-12-4-5-13(8-15(12)21)20-23-19(28-24-20)11-29-10-18(25)22-16-7-6-14(26-2)9-17(16)27-3/h4-9H,10-11H2,1-3H3,(H,22,25). The predicted molar refractivity (Wildman–Crippen MR) is 109 cm³/mol. The molecule has 9 heteroatoms. The third kappa shape index (κ3) is 5.26. The number of halogens is 1. The second-order valence-electron chi connectivity index (χ2n) is 6.08. The van der Waals surface area contributed by atoms with Crippen molar-refractivity contribution in [3.05, 3.63) is 53.7 Å². The lowest BCUT2D eigenvalue weighted by Crippen LogP contribution is -2.14. The molecule has 0 atom stereocenters. The fourth-order valence-corrected chi connectivity index (χ4v) is 3.13. The van der Waals surface area contributed by atoms with Crippen LogP contribution in [0.2, 0.25) is 0 Å². The number of hydrogen-bond acceptors (Lipinski definition) is 7. The Bertz CT molecular complexity index is 1010. The van der Waals surface area contributed by atoms with Gasteiger partial charge in [-0.25, -0.2) is 4.39 Å². The van der Waals surface area contributed by atoms with E-state index < -0.39 is 0 Å². The fraction of sp³-hybridized carbons (Fsp3) is 0.250. The number of benzene rings is 2. The van der Waals surface area contributed by atoms with Crippen LogP contribution in [0.25, 0.3) is 11.4 Å². The maximum Gasteiger partial charge on any atom is 0.236 e. The molecule has 0 saturated carbocycles. The quantitative estimate of drug-likeness (QED) is 0.591. The van der Waals surface area contributed by atoms with Crippen molar-refractivity contribution in [1.82, 2.24) is 10.1 Å². The smallest absolute Gasteiger partial charge is 0.236 e. The Balaban J connectivity index is 1.53. The van der Waals surface area contributed by atoms with Gasteiger partial charge in [0.2, 0.25) is 17.6 Å². The Morgan fingerprint density at radius 2 is 2.03 bits per heavy atom. The van der Waals surface area contributed by atoms with E-state index in [1.54, 1.807) is 44.4 Å². The van der Waals surface area contributed by atoms with E-state index in [4.69, 9.17) is 14.0 Å². The number of carbonyl (C=O) groups excluding carboxylic acids is 1. The summed E-state index contributed by atoms with van der Waals surface area (Å²) in [6, 6.07) is 9.90. The molecule has 7 nitrogen and oxygen atoms in total. The monoisotopic (exact) mass is 417 g/mol. The van der Waals surface area contributed by atoms with E-state index in [-0.39, 0.29) is 17.5 Å². The van der Waals surface area contributed by atoms with Crippen molar-refractivity contribution in [2.75, 3.05) is 25.3 Å². The highest BCUT2D eigenvalue weighted by Gasteiger charge is 2.13. The first kappa shape index (κ1) is 20.7. The second kappa shape index (κ2) is 9.42. The molecule has 3 rings (SSSR count). The summed E-state index contributed by atoms with van der Waals surface area (Å²) in [4.78, 5) is 16.4. The van der Waals surface area contributed by atoms with E-state index in [0.717, 1.165) is 0 Å². The summed E-state index contributed by atoms with van der Waals surface area (Å²) >= 11 is 1.32. The van der Waals surface area contributed by atoms with Crippen molar-refractivity contribution in [3.63, 3.8) is 0 Å². The van der Waals surface area contributed by atoms with E-state index in [2.05, 4.69) is 15.5 Å². The minimum Gasteiger partial charge on any atom is -0.497 e. The van der Waals surface area contributed by atoms with Gasteiger partial charge in [-0.2, -0.15) is 4.98 Å². The molecule has 29 heavy (non-hydrogen) atoms. The molecular weight excluding hydrogens is 397 g/mol. The third-order valence-corrected chi connectivity index (χ3v) is 4.96. The SMILES string of the molecule is COc1ccc(NC(=O)CSCc2nc(-c3ccc(C)c(F)c3)no2)c(OC)c1. The van der Waals surface area contributed by atoms with Crippen LogP contribution in [0.4, 0.5) is 10.1 Å². The first-order valence-corrected chi connectivity index (χ1v) is 9.84. The Morgan fingerprint density at radius 3 is 2.76 bits per heavy atom. The molecule has 2 aromatic carbocycles. The molecule has 1 N–H and O–H groups in total. The van der Waals surface area contributed by atoms with Crippen LogP contribution in [-0.4, -0.2) is 36.0 Å². The Labute approximate surface area is 171 Å². The van der Waals surface area contributed by atoms with Crippen molar-refractivity contribution in [1.29, 1.82) is 0 Å². The van der Waals surface area contributed by atoms with Crippen molar-refractivity contribution in [3.8, 4) is 22.9 Å². The van der Waals surface area contributed by atoms with Gasteiger partial charge in [0, 0.05) is 11.6 Å². The molecule has 0 fully saturated rings. The average molecular weight is 417 g/mol. The van der Waals surface area contributed by atoms with Gasteiger partial charge in [0.15, 0.2) is 0 Å². The molecule has 0 unspecified atom stereocenters. The molecule has 3 aromatic rings. The van der Waals surface area contributed by atoms with Gasteiger partial charge in [-0.3, -0.25) is 4.79 Å². The first-order valence-electron chi connectivity index (χ1n) is 8.69. The van der Waals surface area contributed by atoms with Crippen LogP contribution in [0.1, 0.15) is 11.5 Å². The topological polar surface area (TPSA) is 86.5 Å². The van der Waals surface area contributed by atoms with Gasteiger partial charge >= 0.3 is 0 Å². The minimum atomic E-state index is -0.325. The van der Waals surface area contributed by atoms with Gasteiger partial charge in [0.25, 0.3) is 0 Å². The van der Waals surface area contributed by atoms with Crippen LogP contribution in [0, 0.1) is 12.7 Å². The lowest BCUT2D eigenvalue weighted by Gasteiger charge is -2.11. The van der Waals surface area contributed by atoms with E-state index in [9.17, 15) is 9.18 Å². The zero-order valence-electron chi connectivity index (χ0n) is 16.2. The number of methoxy groups -OCH3 is 2. The van der Waals surface area contributed by atoms with Gasteiger partial charge in [-0.15, -0.1) is 11.8 Å². The summed E-state index contributed by atoms with van der Waals surface area (Å²) in [5, 5.41) is 6.66. The van der Waals surface area contributed by atoms with Crippen LogP contribution in [0.3, 0.4) is 0 Å². The van der Waals surface area contributed by atoms with Crippen molar-refractivity contribution < 1.29 is 23.2 Å². The Kier molecular flexibility index (Phi) is 6.71. The van der Waals surface area contributed by atoms with Gasteiger partial charge in [-0.1, -0.05) is 17.3 Å². The number of aryl methyl sites for hydroxylation is 1. The molecule has 1 heterocycles. The normalized spacial score (nSPS) is 10.6. The summed E-state index contributed by atoms with van der Waals surface area (Å²) in [6.07, 6.45) is 0. The first-order chi connectivity index (χ1) is 14.0. The van der Waals surface area contributed by atoms with E-state index in [0.29, 0.717) is 45.8 Å². The highest BCUT2D eigenvalue weighted by atomic mass is 32.2. The number of nitrogens with one attached hydrogen (secondary N) is 1. The molecule has 0 aliphatic heterocycles. The van der Waals surface area contributed by atoms with Crippen LogP contribution in [0.15, 0.2) is 40.9 Å². The molecule has 0 radical (unpaired) electrons. The van der Waals surface area contributed by atoms with Crippen LogP contribution >= 0.6 is 11.8 Å². The number of aromatic nitrogens is 2. The second-order valence-corrected chi connectivity index (χ2v) is 7.07. The molecule has 0 bridgehead atoms. The summed E-state index contributed by atoms with van der Waals surface area (Å²) in [5.74, 6) is 1.84. The maximum atomic E-state index is 13.7. The van der Waals surface area contributed by atoms with Gasteiger partial charge in [0.1, 0.15) is 17.3 Å². The number of carbonyl (C=O) groups is 1. The van der Waals surface area contributed by atoms with Gasteiger partial charge < -0.3 is 19.3 Å². The number of nitrogens with zero attached hydrogens (tertiary/aromatic N) is 2. The number of thioether (sulfide) groups is 1. The van der Waals surface area contributed by atoms with E-state index in [1.807, 2.05) is 0 Å². The number of ether oxygens (including phenoxy) is 2. The Morgan fingerprint density at radius 1 is 1.21 bits per heavy atom. The number of amides is 1. The number of anilines is 1. The molecule has 0 saturated heterocycles. The lowest BCUT2D eigenvalue weighted by molar-refractivity contribution is -0.113. The van der Waals surface area contributed by atoms with Crippen molar-refractivity contribution in [2.45, 2.75) is 12.7 Å². The zero-order chi connectivity index (χ0) is 20.8. The summed E-state index contributed by atoms with van der Waals surface area (Å²) in [6.45, 7) is 1.68. The van der Waals surface area contributed by atoms with Gasteiger partial charge in [-0.05, 0) is 30.7 Å².